The van der Waals surface area contributed by atoms with E-state index in [0.29, 0.717) is 17.4 Å². The molecule has 0 spiro atoms. The minimum Gasteiger partial charge on any atom is -0.478 e. The zero-order valence-corrected chi connectivity index (χ0v) is 13.2. The third kappa shape index (κ3) is 5.65. The number of carbonyl (C=O) groups excluding carboxylic acids is 1. The van der Waals surface area contributed by atoms with Crippen molar-refractivity contribution in [1.29, 1.82) is 0 Å². The second kappa shape index (κ2) is 7.55. The monoisotopic (exact) mass is 345 g/mol. The van der Waals surface area contributed by atoms with Crippen molar-refractivity contribution in [2.75, 3.05) is 12.3 Å². The molecule has 19 heavy (non-hydrogen) atoms. The van der Waals surface area contributed by atoms with Crippen LogP contribution in [0.2, 0.25) is 0 Å². The van der Waals surface area contributed by atoms with Crippen LogP contribution in [0.4, 0.5) is 0 Å². The molecule has 1 aromatic carbocycles. The maximum absolute atomic E-state index is 11.6. The van der Waals surface area contributed by atoms with Crippen LogP contribution in [0, 0.1) is 5.92 Å². The second-order valence-corrected chi connectivity index (χ2v) is 6.37. The van der Waals surface area contributed by atoms with Gasteiger partial charge in [0.1, 0.15) is 0 Å². The van der Waals surface area contributed by atoms with Gasteiger partial charge in [0.05, 0.1) is 11.3 Å². The highest BCUT2D eigenvalue weighted by molar-refractivity contribution is 9.10. The van der Waals surface area contributed by atoms with E-state index in [0.717, 1.165) is 4.47 Å². The van der Waals surface area contributed by atoms with E-state index >= 15 is 0 Å². The van der Waals surface area contributed by atoms with Crippen molar-refractivity contribution in [2.45, 2.75) is 18.7 Å². The van der Waals surface area contributed by atoms with Gasteiger partial charge in [-0.15, -0.1) is 11.8 Å². The minimum atomic E-state index is -0.988. The number of halogens is 1. The van der Waals surface area contributed by atoms with Gasteiger partial charge in [0.15, 0.2) is 0 Å². The predicted molar refractivity (Wildman–Crippen MR) is 79.7 cm³/mol. The van der Waals surface area contributed by atoms with Crippen molar-refractivity contribution < 1.29 is 14.7 Å². The first-order valence-corrected chi connectivity index (χ1v) is 7.60. The first-order chi connectivity index (χ1) is 8.90. The molecule has 0 heterocycles. The van der Waals surface area contributed by atoms with Crippen molar-refractivity contribution in [1.82, 2.24) is 5.32 Å². The summed E-state index contributed by atoms with van der Waals surface area (Å²) < 4.78 is 0.794. The molecule has 0 saturated carbocycles. The van der Waals surface area contributed by atoms with Crippen LogP contribution in [-0.2, 0) is 4.79 Å². The Bertz CT molecular complexity index is 477. The summed E-state index contributed by atoms with van der Waals surface area (Å²) in [7, 11) is 0. The van der Waals surface area contributed by atoms with Crippen LogP contribution >= 0.6 is 27.7 Å². The van der Waals surface area contributed by atoms with Gasteiger partial charge in [-0.1, -0.05) is 29.8 Å². The number of aromatic carboxylic acids is 1. The van der Waals surface area contributed by atoms with E-state index in [2.05, 4.69) is 21.2 Å². The van der Waals surface area contributed by atoms with Crippen LogP contribution in [0.1, 0.15) is 24.2 Å². The van der Waals surface area contributed by atoms with Crippen LogP contribution in [0.15, 0.2) is 27.6 Å². The summed E-state index contributed by atoms with van der Waals surface area (Å²) in [6.45, 7) is 4.66. The summed E-state index contributed by atoms with van der Waals surface area (Å²) in [6, 6.07) is 4.91. The first-order valence-electron chi connectivity index (χ1n) is 5.82. The molecule has 1 aromatic rings. The smallest absolute Gasteiger partial charge is 0.336 e. The Morgan fingerprint density at radius 3 is 2.68 bits per heavy atom. The quantitative estimate of drug-likeness (QED) is 0.777. The third-order valence-electron chi connectivity index (χ3n) is 2.24. The summed E-state index contributed by atoms with van der Waals surface area (Å²) in [5.41, 5.74) is 0.213. The van der Waals surface area contributed by atoms with Crippen LogP contribution in [0.5, 0.6) is 0 Å². The number of nitrogens with one attached hydrogen (secondary N) is 1. The zero-order chi connectivity index (χ0) is 14.4. The standard InChI is InChI=1S/C13H16BrNO3S/c1-8(2)6-15-12(16)7-19-11-5-9(14)3-4-10(11)13(17)18/h3-5,8H,6-7H2,1-2H3,(H,15,16)(H,17,18). The molecule has 0 fully saturated rings. The molecule has 0 aliphatic rings. The van der Waals surface area contributed by atoms with Crippen molar-refractivity contribution in [2.24, 2.45) is 5.92 Å². The molecule has 0 atom stereocenters. The molecule has 1 rings (SSSR count). The molecule has 2 N–H and O–H groups in total. The van der Waals surface area contributed by atoms with Gasteiger partial charge in [-0.2, -0.15) is 0 Å². The summed E-state index contributed by atoms with van der Waals surface area (Å²) >= 11 is 4.52. The van der Waals surface area contributed by atoms with E-state index in [4.69, 9.17) is 5.11 Å². The highest BCUT2D eigenvalue weighted by Crippen LogP contribution is 2.26. The first kappa shape index (κ1) is 16.0. The average Bonchev–Trinajstić information content (AvgIpc) is 2.33. The fourth-order valence-corrected chi connectivity index (χ4v) is 2.73. The molecular formula is C13H16BrNO3S. The van der Waals surface area contributed by atoms with E-state index in [9.17, 15) is 9.59 Å². The molecule has 4 nitrogen and oxygen atoms in total. The molecule has 104 valence electrons. The molecule has 0 aromatic heterocycles. The number of amides is 1. The molecule has 0 aliphatic heterocycles. The number of carboxylic acids is 1. The van der Waals surface area contributed by atoms with Crippen LogP contribution in [0.3, 0.4) is 0 Å². The molecule has 0 bridgehead atoms. The third-order valence-corrected chi connectivity index (χ3v) is 3.79. The number of hydrogen-bond donors (Lipinski definition) is 2. The van der Waals surface area contributed by atoms with E-state index in [1.165, 1.54) is 17.8 Å². The predicted octanol–water partition coefficient (Wildman–Crippen LogP) is 3.01. The van der Waals surface area contributed by atoms with Crippen LogP contribution < -0.4 is 5.32 Å². The largest absolute Gasteiger partial charge is 0.478 e. The molecular weight excluding hydrogens is 330 g/mol. The van der Waals surface area contributed by atoms with E-state index in [1.807, 2.05) is 13.8 Å². The van der Waals surface area contributed by atoms with Gasteiger partial charge in [0, 0.05) is 15.9 Å². The number of carbonyl (C=O) groups is 2. The van der Waals surface area contributed by atoms with Gasteiger partial charge >= 0.3 is 5.97 Å². The van der Waals surface area contributed by atoms with Crippen LogP contribution in [-0.4, -0.2) is 29.3 Å². The number of rotatable bonds is 6. The zero-order valence-electron chi connectivity index (χ0n) is 10.8. The number of benzene rings is 1. The van der Waals surface area contributed by atoms with Gasteiger partial charge in [-0.3, -0.25) is 4.79 Å². The Labute approximate surface area is 125 Å². The topological polar surface area (TPSA) is 66.4 Å². The van der Waals surface area contributed by atoms with Gasteiger partial charge in [-0.05, 0) is 24.1 Å². The number of hydrogen-bond acceptors (Lipinski definition) is 3. The second-order valence-electron chi connectivity index (χ2n) is 4.43. The SMILES string of the molecule is CC(C)CNC(=O)CSc1cc(Br)ccc1C(=O)O. The minimum absolute atomic E-state index is 0.0879. The van der Waals surface area contributed by atoms with Gasteiger partial charge in [-0.25, -0.2) is 4.79 Å². The van der Waals surface area contributed by atoms with E-state index in [-0.39, 0.29) is 17.2 Å². The number of carboxylic acid groups (broad SMARTS) is 1. The molecule has 6 heteroatoms. The van der Waals surface area contributed by atoms with Crippen molar-refractivity contribution in [3.8, 4) is 0 Å². The lowest BCUT2D eigenvalue weighted by Gasteiger charge is -2.09. The Balaban J connectivity index is 2.64. The molecule has 0 aliphatic carbocycles. The molecule has 0 saturated heterocycles. The summed E-state index contributed by atoms with van der Waals surface area (Å²) in [5.74, 6) is -0.467. The highest BCUT2D eigenvalue weighted by atomic mass is 79.9. The molecule has 0 radical (unpaired) electrons. The Morgan fingerprint density at radius 1 is 1.42 bits per heavy atom. The van der Waals surface area contributed by atoms with Crippen LogP contribution in [0.25, 0.3) is 0 Å². The van der Waals surface area contributed by atoms with E-state index in [1.54, 1.807) is 12.1 Å². The lowest BCUT2D eigenvalue weighted by molar-refractivity contribution is -0.118. The van der Waals surface area contributed by atoms with Gasteiger partial charge in [0.2, 0.25) is 5.91 Å². The van der Waals surface area contributed by atoms with Crippen molar-refractivity contribution in [3.63, 3.8) is 0 Å². The molecule has 0 unspecified atom stereocenters. The maximum atomic E-state index is 11.6. The summed E-state index contributed by atoms with van der Waals surface area (Å²) in [5, 5.41) is 11.9. The van der Waals surface area contributed by atoms with Gasteiger partial charge < -0.3 is 10.4 Å². The fourth-order valence-electron chi connectivity index (χ4n) is 1.30. The average molecular weight is 346 g/mol. The lowest BCUT2D eigenvalue weighted by Crippen LogP contribution is -2.28. The van der Waals surface area contributed by atoms with Gasteiger partial charge in [0.25, 0.3) is 0 Å². The normalized spacial score (nSPS) is 10.5. The Morgan fingerprint density at radius 2 is 2.11 bits per heavy atom. The van der Waals surface area contributed by atoms with Crippen molar-refractivity contribution in [3.05, 3.63) is 28.2 Å². The highest BCUT2D eigenvalue weighted by Gasteiger charge is 2.12. The Kier molecular flexibility index (Phi) is 6.37. The van der Waals surface area contributed by atoms with Crippen molar-refractivity contribution >= 4 is 39.6 Å². The van der Waals surface area contributed by atoms with E-state index < -0.39 is 5.97 Å². The summed E-state index contributed by atoms with van der Waals surface area (Å²) in [6.07, 6.45) is 0. The summed E-state index contributed by atoms with van der Waals surface area (Å²) in [4.78, 5) is 23.2. The molecule has 1 amide bonds. The lowest BCUT2D eigenvalue weighted by atomic mass is 10.2. The Hall–Kier alpha value is -1.01. The number of thioether (sulfide) groups is 1. The fraction of sp³-hybridized carbons (Fsp3) is 0.385. The maximum Gasteiger partial charge on any atom is 0.336 e.